The van der Waals surface area contributed by atoms with Crippen molar-refractivity contribution in [2.45, 2.75) is 63.3 Å². The van der Waals surface area contributed by atoms with Crippen molar-refractivity contribution in [1.29, 1.82) is 5.26 Å². The number of halogens is 4. The van der Waals surface area contributed by atoms with Gasteiger partial charge in [0.15, 0.2) is 0 Å². The lowest BCUT2D eigenvalue weighted by atomic mass is 9.87. The zero-order valence-electron chi connectivity index (χ0n) is 26.3. The number of benzene rings is 2. The van der Waals surface area contributed by atoms with Gasteiger partial charge in [0.25, 0.3) is 11.8 Å². The summed E-state index contributed by atoms with van der Waals surface area (Å²) in [7, 11) is -4.95. The highest BCUT2D eigenvalue weighted by molar-refractivity contribution is 7.91. The first-order valence-corrected chi connectivity index (χ1v) is 16.6. The summed E-state index contributed by atoms with van der Waals surface area (Å²) in [5.74, 6) is -6.37. The van der Waals surface area contributed by atoms with Gasteiger partial charge in [-0.15, -0.1) is 0 Å². The van der Waals surface area contributed by atoms with Crippen LogP contribution < -0.4 is 14.5 Å². The molecular weight excluding hydrogens is 689 g/mol. The number of rotatable bonds is 7. The van der Waals surface area contributed by atoms with Gasteiger partial charge in [0.2, 0.25) is 5.91 Å². The third kappa shape index (κ3) is 7.42. The molecule has 0 radical (unpaired) electrons. The minimum absolute atomic E-state index is 0.00590. The highest BCUT2D eigenvalue weighted by atomic mass is 35.5. The molecule has 0 bridgehead atoms. The average molecular weight is 719 g/mol. The van der Waals surface area contributed by atoms with E-state index in [4.69, 9.17) is 16.3 Å². The summed E-state index contributed by atoms with van der Waals surface area (Å²) in [6, 6.07) is 10.00. The van der Waals surface area contributed by atoms with Gasteiger partial charge < -0.3 is 10.1 Å². The fraction of sp³-hybridized carbons (Fsp3) is 0.344. The zero-order chi connectivity index (χ0) is 35.9. The Morgan fingerprint density at radius 3 is 2.43 bits per heavy atom. The summed E-state index contributed by atoms with van der Waals surface area (Å²) >= 11 is 6.52. The van der Waals surface area contributed by atoms with Crippen molar-refractivity contribution in [2.24, 2.45) is 0 Å². The van der Waals surface area contributed by atoms with Crippen LogP contribution >= 0.6 is 11.6 Å². The number of carbonyl (C=O) groups excluding carboxylic acids is 3. The molecule has 49 heavy (non-hydrogen) atoms. The van der Waals surface area contributed by atoms with Crippen LogP contribution in [0.4, 0.5) is 29.5 Å². The predicted octanol–water partition coefficient (Wildman–Crippen LogP) is 5.10. The molecule has 2 aromatic carbocycles. The van der Waals surface area contributed by atoms with Crippen LogP contribution in [0.25, 0.3) is 0 Å². The Labute approximate surface area is 285 Å². The number of hydrogen-bond donors (Lipinski definition) is 1. The summed E-state index contributed by atoms with van der Waals surface area (Å²) in [6.07, 6.45) is -1.53. The van der Waals surface area contributed by atoms with Crippen molar-refractivity contribution in [3.05, 3.63) is 88.8 Å². The highest BCUT2D eigenvalue weighted by Gasteiger charge is 2.54. The maximum atomic E-state index is 14.9. The molecule has 258 valence electrons. The van der Waals surface area contributed by atoms with E-state index in [1.165, 1.54) is 57.2 Å². The maximum Gasteiger partial charge on any atom is 0.425 e. The van der Waals surface area contributed by atoms with Crippen LogP contribution in [0.1, 0.15) is 50.8 Å². The lowest BCUT2D eigenvalue weighted by Gasteiger charge is -2.39. The van der Waals surface area contributed by atoms with E-state index in [0.29, 0.717) is 8.61 Å². The fourth-order valence-electron chi connectivity index (χ4n) is 5.47. The Hall–Kier alpha value is -4.88. The predicted molar refractivity (Wildman–Crippen MR) is 171 cm³/mol. The van der Waals surface area contributed by atoms with E-state index in [0.717, 1.165) is 29.3 Å². The van der Waals surface area contributed by atoms with Crippen LogP contribution in [0.2, 0.25) is 5.02 Å². The summed E-state index contributed by atoms with van der Waals surface area (Å²) < 4.78 is 76.5. The molecule has 1 saturated heterocycles. The number of nitriles is 1. The van der Waals surface area contributed by atoms with Gasteiger partial charge in [0, 0.05) is 41.4 Å². The van der Waals surface area contributed by atoms with Crippen molar-refractivity contribution in [3.8, 4) is 6.07 Å². The molecule has 1 N–H and O–H groups in total. The number of alkyl halides is 2. The molecule has 5 rings (SSSR count). The van der Waals surface area contributed by atoms with E-state index in [-0.39, 0.29) is 21.8 Å². The fourth-order valence-corrected chi connectivity index (χ4v) is 7.29. The number of ether oxygens (including phenoxy) is 1. The standard InChI is InChI=1S/C32H30ClF3N6O6S/c1-31(2,3)48-30(45)40-18-25(42(49(40,46)47)26-13-19(17-37)11-12-38-26)29(44)41(22-8-6-7-20(34)14-22)27(23-9-4-5-10-24(23)33)28(43)39-21-15-32(35,36)16-21/h4-14,21,25,27H,15-16,18H2,1-3H3,(H,39,43)/t25-,27?/m0/s1. The van der Waals surface area contributed by atoms with E-state index in [9.17, 15) is 41.2 Å². The van der Waals surface area contributed by atoms with Crippen molar-refractivity contribution in [1.82, 2.24) is 14.6 Å². The normalized spacial score (nSPS) is 18.9. The Morgan fingerprint density at radius 1 is 1.12 bits per heavy atom. The van der Waals surface area contributed by atoms with Gasteiger partial charge in [-0.2, -0.15) is 18.0 Å². The smallest absolute Gasteiger partial charge is 0.425 e. The number of nitrogens with one attached hydrogen (secondary N) is 1. The molecule has 1 saturated carbocycles. The molecule has 1 aromatic heterocycles. The number of aromatic nitrogens is 1. The highest BCUT2D eigenvalue weighted by Crippen LogP contribution is 2.40. The number of pyridine rings is 1. The third-order valence-corrected chi connectivity index (χ3v) is 9.74. The lowest BCUT2D eigenvalue weighted by Crippen LogP contribution is -2.56. The third-order valence-electron chi connectivity index (χ3n) is 7.60. The minimum atomic E-state index is -4.95. The first-order valence-electron chi connectivity index (χ1n) is 14.8. The SMILES string of the molecule is CC(C)(C)OC(=O)N1C[C@@H](C(=O)N(c2cccc(F)c2)C(C(=O)NC2CC(F)(F)C2)c2ccccc2Cl)N(c2cc(C#N)ccn2)S1(=O)=O. The van der Waals surface area contributed by atoms with E-state index in [1.54, 1.807) is 6.07 Å². The van der Waals surface area contributed by atoms with E-state index < -0.39 is 88.8 Å². The summed E-state index contributed by atoms with van der Waals surface area (Å²) in [6.45, 7) is 3.65. The Bertz CT molecular complexity index is 1950. The maximum absolute atomic E-state index is 14.9. The number of nitrogens with zero attached hydrogens (tertiary/aromatic N) is 5. The molecule has 0 spiro atoms. The monoisotopic (exact) mass is 718 g/mol. The van der Waals surface area contributed by atoms with Gasteiger partial charge in [-0.1, -0.05) is 35.9 Å². The van der Waals surface area contributed by atoms with E-state index in [2.05, 4.69) is 10.3 Å². The van der Waals surface area contributed by atoms with Crippen molar-refractivity contribution < 1.29 is 40.7 Å². The van der Waals surface area contributed by atoms with E-state index in [1.807, 2.05) is 6.07 Å². The zero-order valence-corrected chi connectivity index (χ0v) is 27.9. The Morgan fingerprint density at radius 2 is 1.82 bits per heavy atom. The molecular formula is C32H30ClF3N6O6S. The summed E-state index contributed by atoms with van der Waals surface area (Å²) in [5.41, 5.74) is -1.41. The van der Waals surface area contributed by atoms with Crippen molar-refractivity contribution >= 4 is 51.2 Å². The largest absolute Gasteiger partial charge is 0.443 e. The lowest BCUT2D eigenvalue weighted by molar-refractivity contribution is -0.133. The van der Waals surface area contributed by atoms with Gasteiger partial charge in [-0.3, -0.25) is 14.5 Å². The molecule has 2 fully saturated rings. The second-order valence-electron chi connectivity index (χ2n) is 12.4. The Balaban J connectivity index is 1.69. The quantitative estimate of drug-likeness (QED) is 0.354. The molecule has 1 aliphatic heterocycles. The topological polar surface area (TPSA) is 153 Å². The van der Waals surface area contributed by atoms with Crippen LogP contribution in [0.15, 0.2) is 66.9 Å². The molecule has 2 atom stereocenters. The van der Waals surface area contributed by atoms with Gasteiger partial charge in [-0.25, -0.2) is 27.3 Å². The van der Waals surface area contributed by atoms with Crippen LogP contribution in [-0.4, -0.2) is 65.8 Å². The second-order valence-corrected chi connectivity index (χ2v) is 14.6. The average Bonchev–Trinajstić information content (AvgIpc) is 3.29. The van der Waals surface area contributed by atoms with Crippen LogP contribution in [0, 0.1) is 17.1 Å². The van der Waals surface area contributed by atoms with Crippen LogP contribution in [0.5, 0.6) is 0 Å². The molecule has 17 heteroatoms. The summed E-state index contributed by atoms with van der Waals surface area (Å²) in [4.78, 5) is 47.1. The summed E-state index contributed by atoms with van der Waals surface area (Å²) in [5, 5.41) is 12.0. The Kier molecular flexibility index (Phi) is 9.55. The number of amides is 3. The molecule has 12 nitrogen and oxygen atoms in total. The molecule has 2 aliphatic rings. The molecule has 1 aliphatic carbocycles. The molecule has 1 unspecified atom stereocenters. The number of carbonyl (C=O) groups is 3. The second kappa shape index (κ2) is 13.2. The van der Waals surface area contributed by atoms with Crippen molar-refractivity contribution in [2.75, 3.05) is 15.7 Å². The van der Waals surface area contributed by atoms with Gasteiger partial charge in [0.05, 0.1) is 18.2 Å². The van der Waals surface area contributed by atoms with Gasteiger partial charge >= 0.3 is 16.3 Å². The number of hydrogen-bond acceptors (Lipinski definition) is 8. The van der Waals surface area contributed by atoms with Crippen LogP contribution in [-0.2, 0) is 24.5 Å². The van der Waals surface area contributed by atoms with Crippen molar-refractivity contribution in [3.63, 3.8) is 0 Å². The first-order chi connectivity index (χ1) is 22.9. The van der Waals surface area contributed by atoms with Gasteiger partial charge in [0.1, 0.15) is 29.3 Å². The molecule has 2 heterocycles. The first kappa shape index (κ1) is 35.4. The van der Waals surface area contributed by atoms with Gasteiger partial charge in [-0.05, 0) is 57.2 Å². The minimum Gasteiger partial charge on any atom is -0.443 e. The van der Waals surface area contributed by atoms with E-state index >= 15 is 0 Å². The number of anilines is 2. The molecule has 3 amide bonds. The van der Waals surface area contributed by atoms with Crippen LogP contribution in [0.3, 0.4) is 0 Å². The molecule has 3 aromatic rings.